The van der Waals surface area contributed by atoms with Crippen LogP contribution in [0.25, 0.3) is 0 Å². The molecule has 1 saturated heterocycles. The molecule has 28 heavy (non-hydrogen) atoms. The molecule has 4 bridgehead atoms. The standard InChI is InChI=1S/C24H37NO3/c1-15(27-19-5-7-25(8-6-19)22(26)28-23(2,3)4)24-12-16-9-17-11-18(13-24)21(14-24)20(17)10-16/h16-21H,1,5-14H2,2-4H3. The van der Waals surface area contributed by atoms with Gasteiger partial charge >= 0.3 is 6.09 Å². The Morgan fingerprint density at radius 1 is 1.00 bits per heavy atom. The van der Waals surface area contributed by atoms with Gasteiger partial charge in [0.15, 0.2) is 0 Å². The van der Waals surface area contributed by atoms with Crippen LogP contribution < -0.4 is 0 Å². The van der Waals surface area contributed by atoms with Crippen LogP contribution in [0.4, 0.5) is 4.79 Å². The molecule has 0 aromatic rings. The highest BCUT2D eigenvalue weighted by atomic mass is 16.6. The zero-order chi connectivity index (χ0) is 19.7. The second kappa shape index (κ2) is 6.40. The Kier molecular flexibility index (Phi) is 4.30. The lowest BCUT2D eigenvalue weighted by molar-refractivity contribution is -0.00853. The molecule has 5 rings (SSSR count). The number of piperidine rings is 1. The van der Waals surface area contributed by atoms with E-state index in [1.54, 1.807) is 0 Å². The Morgan fingerprint density at radius 3 is 2.46 bits per heavy atom. The van der Waals surface area contributed by atoms with Crippen molar-refractivity contribution >= 4 is 6.09 Å². The van der Waals surface area contributed by atoms with Gasteiger partial charge in [0.2, 0.25) is 0 Å². The number of carbonyl (C=O) groups is 1. The number of nitrogens with zero attached hydrogens (tertiary/aromatic N) is 1. The second-order valence-electron chi connectivity index (χ2n) is 11.5. The average Bonchev–Trinajstić information content (AvgIpc) is 3.20. The van der Waals surface area contributed by atoms with E-state index in [0.717, 1.165) is 61.3 Å². The van der Waals surface area contributed by atoms with Crippen LogP contribution >= 0.6 is 0 Å². The molecule has 6 unspecified atom stereocenters. The summed E-state index contributed by atoms with van der Waals surface area (Å²) in [6.07, 6.45) is 10.2. The van der Waals surface area contributed by atoms with E-state index in [0.29, 0.717) is 0 Å². The summed E-state index contributed by atoms with van der Waals surface area (Å²) in [6.45, 7) is 11.7. The number of allylic oxidation sites excluding steroid dienone is 1. The largest absolute Gasteiger partial charge is 0.495 e. The van der Waals surface area contributed by atoms with Crippen LogP contribution in [0.15, 0.2) is 12.3 Å². The number of hydrogen-bond acceptors (Lipinski definition) is 3. The van der Waals surface area contributed by atoms with Crippen molar-refractivity contribution in [2.24, 2.45) is 35.0 Å². The van der Waals surface area contributed by atoms with Gasteiger partial charge < -0.3 is 14.4 Å². The number of rotatable bonds is 3. The molecule has 5 fully saturated rings. The third-order valence-electron chi connectivity index (χ3n) is 8.56. The van der Waals surface area contributed by atoms with Gasteiger partial charge in [-0.15, -0.1) is 0 Å². The maximum absolute atomic E-state index is 12.3. The van der Waals surface area contributed by atoms with Crippen molar-refractivity contribution in [3.8, 4) is 0 Å². The lowest BCUT2D eigenvalue weighted by Crippen LogP contribution is -2.43. The maximum Gasteiger partial charge on any atom is 0.410 e. The monoisotopic (exact) mass is 387 g/mol. The highest BCUT2D eigenvalue weighted by molar-refractivity contribution is 5.68. The Labute approximate surface area is 170 Å². The summed E-state index contributed by atoms with van der Waals surface area (Å²) in [5.41, 5.74) is -0.182. The summed E-state index contributed by atoms with van der Waals surface area (Å²) >= 11 is 0. The number of amides is 1. The summed E-state index contributed by atoms with van der Waals surface area (Å²) in [6, 6.07) is 0. The van der Waals surface area contributed by atoms with E-state index in [-0.39, 0.29) is 17.6 Å². The van der Waals surface area contributed by atoms with E-state index < -0.39 is 5.60 Å². The molecular weight excluding hydrogens is 350 g/mol. The summed E-state index contributed by atoms with van der Waals surface area (Å²) in [7, 11) is 0. The number of carbonyl (C=O) groups excluding carboxylic acids is 1. The molecule has 4 saturated carbocycles. The summed E-state index contributed by atoms with van der Waals surface area (Å²) in [5, 5.41) is 0. The van der Waals surface area contributed by atoms with Gasteiger partial charge in [-0.3, -0.25) is 0 Å². The predicted octanol–water partition coefficient (Wildman–Crippen LogP) is 5.38. The Morgan fingerprint density at radius 2 is 1.75 bits per heavy atom. The Hall–Kier alpha value is -1.19. The van der Waals surface area contributed by atoms with Gasteiger partial charge in [0.05, 0.1) is 5.76 Å². The first-order valence-electron chi connectivity index (χ1n) is 11.6. The molecule has 0 N–H and O–H groups in total. The molecule has 6 atom stereocenters. The summed E-state index contributed by atoms with van der Waals surface area (Å²) in [5.74, 6) is 5.95. The van der Waals surface area contributed by atoms with Crippen molar-refractivity contribution in [3.05, 3.63) is 12.3 Å². The number of hydrogen-bond donors (Lipinski definition) is 0. The first-order valence-corrected chi connectivity index (χ1v) is 11.6. The molecule has 1 heterocycles. The molecule has 0 spiro atoms. The van der Waals surface area contributed by atoms with Crippen molar-refractivity contribution in [3.63, 3.8) is 0 Å². The SMILES string of the molecule is C=C(OC1CCN(C(=O)OC(C)(C)C)CC1)C12CC3CC4CC(C1)C(C2)C4C3. The zero-order valence-corrected chi connectivity index (χ0v) is 17.9. The van der Waals surface area contributed by atoms with E-state index in [2.05, 4.69) is 6.58 Å². The van der Waals surface area contributed by atoms with Gasteiger partial charge in [0.1, 0.15) is 11.7 Å². The zero-order valence-electron chi connectivity index (χ0n) is 17.9. The molecule has 5 aliphatic rings. The average molecular weight is 388 g/mol. The van der Waals surface area contributed by atoms with Crippen LogP contribution in [0.2, 0.25) is 0 Å². The van der Waals surface area contributed by atoms with E-state index in [4.69, 9.17) is 9.47 Å². The van der Waals surface area contributed by atoms with Crippen molar-refractivity contribution in [2.75, 3.05) is 13.1 Å². The van der Waals surface area contributed by atoms with Gasteiger partial charge in [-0.1, -0.05) is 6.58 Å². The summed E-state index contributed by atoms with van der Waals surface area (Å²) in [4.78, 5) is 14.1. The first-order chi connectivity index (χ1) is 13.2. The van der Waals surface area contributed by atoms with Crippen molar-refractivity contribution in [1.29, 1.82) is 0 Å². The molecule has 4 heteroatoms. The van der Waals surface area contributed by atoms with Crippen LogP contribution in [-0.4, -0.2) is 35.8 Å². The van der Waals surface area contributed by atoms with Crippen LogP contribution in [0.3, 0.4) is 0 Å². The van der Waals surface area contributed by atoms with E-state index >= 15 is 0 Å². The molecular formula is C24H37NO3. The van der Waals surface area contributed by atoms with Gasteiger partial charge in [-0.25, -0.2) is 4.79 Å². The highest BCUT2D eigenvalue weighted by Crippen LogP contribution is 2.69. The van der Waals surface area contributed by atoms with Crippen LogP contribution in [0.1, 0.15) is 72.1 Å². The molecule has 0 radical (unpaired) electrons. The highest BCUT2D eigenvalue weighted by Gasteiger charge is 2.61. The van der Waals surface area contributed by atoms with Crippen molar-refractivity contribution in [1.82, 2.24) is 4.90 Å². The van der Waals surface area contributed by atoms with Crippen LogP contribution in [-0.2, 0) is 9.47 Å². The fourth-order valence-electron chi connectivity index (χ4n) is 7.61. The number of fused-ring (bicyclic) bond motifs is 2. The van der Waals surface area contributed by atoms with Crippen LogP contribution in [0.5, 0.6) is 0 Å². The summed E-state index contributed by atoms with van der Waals surface area (Å²) < 4.78 is 12.1. The third-order valence-corrected chi connectivity index (χ3v) is 8.56. The molecule has 1 amide bonds. The van der Waals surface area contributed by atoms with E-state index in [1.165, 1.54) is 38.5 Å². The minimum absolute atomic E-state index is 0.193. The van der Waals surface area contributed by atoms with Gasteiger partial charge in [0.25, 0.3) is 0 Å². The molecule has 156 valence electrons. The molecule has 0 aromatic carbocycles. The van der Waals surface area contributed by atoms with Gasteiger partial charge in [0, 0.05) is 31.3 Å². The second-order valence-corrected chi connectivity index (χ2v) is 11.5. The normalized spacial score (nSPS) is 42.0. The lowest BCUT2D eigenvalue weighted by atomic mass is 9.73. The van der Waals surface area contributed by atoms with E-state index in [9.17, 15) is 4.79 Å². The van der Waals surface area contributed by atoms with Crippen molar-refractivity contribution in [2.45, 2.75) is 83.8 Å². The Balaban J connectivity index is 1.18. The minimum atomic E-state index is -0.434. The molecule has 0 aromatic heterocycles. The molecule has 1 aliphatic heterocycles. The minimum Gasteiger partial charge on any atom is -0.495 e. The third kappa shape index (κ3) is 3.15. The molecule has 4 nitrogen and oxygen atoms in total. The van der Waals surface area contributed by atoms with Crippen LogP contribution in [0, 0.1) is 35.0 Å². The fraction of sp³-hybridized carbons (Fsp3) is 0.875. The fourth-order valence-corrected chi connectivity index (χ4v) is 7.61. The van der Waals surface area contributed by atoms with Gasteiger partial charge in [-0.05, 0) is 88.9 Å². The van der Waals surface area contributed by atoms with Gasteiger partial charge in [-0.2, -0.15) is 0 Å². The quantitative estimate of drug-likeness (QED) is 0.610. The first kappa shape index (κ1) is 18.8. The molecule has 4 aliphatic carbocycles. The lowest BCUT2D eigenvalue weighted by Gasteiger charge is -2.39. The number of likely N-dealkylation sites (tertiary alicyclic amines) is 1. The smallest absolute Gasteiger partial charge is 0.410 e. The maximum atomic E-state index is 12.3. The van der Waals surface area contributed by atoms with Crippen molar-refractivity contribution < 1.29 is 14.3 Å². The predicted molar refractivity (Wildman–Crippen MR) is 109 cm³/mol. The number of ether oxygens (including phenoxy) is 2. The van der Waals surface area contributed by atoms with E-state index in [1.807, 2.05) is 25.7 Å². The topological polar surface area (TPSA) is 38.8 Å². The Bertz CT molecular complexity index is 655.